The molecule has 3 rings (SSSR count). The van der Waals surface area contributed by atoms with E-state index in [0.717, 1.165) is 5.39 Å². The van der Waals surface area contributed by atoms with E-state index in [1.165, 1.54) is 0 Å². The Hall–Kier alpha value is -2.65. The molecule has 0 saturated heterocycles. The lowest BCUT2D eigenvalue weighted by atomic mass is 10.2. The van der Waals surface area contributed by atoms with Crippen molar-refractivity contribution in [3.8, 4) is 0 Å². The van der Waals surface area contributed by atoms with Crippen LogP contribution >= 0.6 is 13.5 Å². The summed E-state index contributed by atoms with van der Waals surface area (Å²) in [5, 5.41) is 16.8. The number of fused-ring (bicyclic) bond motifs is 1. The molecule has 3 heterocycles. The Balaban J connectivity index is 0.00000243. The number of anilines is 3. The molecule has 0 saturated carbocycles. The van der Waals surface area contributed by atoms with Gasteiger partial charge in [-0.3, -0.25) is 9.78 Å². The second kappa shape index (κ2) is 8.63. The molecule has 0 bridgehead atoms. The van der Waals surface area contributed by atoms with E-state index in [0.29, 0.717) is 29.4 Å². The monoisotopic (exact) mass is 374 g/mol. The normalized spacial score (nSPS) is 11.7. The summed E-state index contributed by atoms with van der Waals surface area (Å²) in [7, 11) is 0. The van der Waals surface area contributed by atoms with E-state index in [-0.39, 0.29) is 31.7 Å². The average Bonchev–Trinajstić information content (AvgIpc) is 2.62. The molecule has 1 atom stereocenters. The number of aryl methyl sites for hydroxylation is 1. The molecule has 3 aromatic rings. The van der Waals surface area contributed by atoms with Gasteiger partial charge in [0.25, 0.3) is 5.56 Å². The molecule has 0 aliphatic heterocycles. The topological polar surface area (TPSA) is 105 Å². The first-order valence-electron chi connectivity index (χ1n) is 8.07. The lowest BCUT2D eigenvalue weighted by Gasteiger charge is -2.16. The van der Waals surface area contributed by atoms with Crippen LogP contribution in [-0.2, 0) is 6.54 Å². The predicted molar refractivity (Wildman–Crippen MR) is 108 cm³/mol. The van der Waals surface area contributed by atoms with Gasteiger partial charge in [0.15, 0.2) is 0 Å². The minimum atomic E-state index is -0.239. The Morgan fingerprint density at radius 3 is 2.77 bits per heavy atom. The van der Waals surface area contributed by atoms with Crippen LogP contribution in [0.15, 0.2) is 41.7 Å². The average molecular weight is 374 g/mol. The second-order valence-corrected chi connectivity index (χ2v) is 5.67. The molecule has 0 unspecified atom stereocenters. The maximum Gasteiger partial charge on any atom is 0.262 e. The first-order chi connectivity index (χ1) is 12.1. The van der Waals surface area contributed by atoms with Crippen LogP contribution in [0.25, 0.3) is 10.8 Å². The number of nitrogens with zero attached hydrogens (tertiary/aromatic N) is 4. The number of pyridine rings is 2. The van der Waals surface area contributed by atoms with E-state index in [2.05, 4.69) is 25.6 Å². The molecule has 0 fully saturated rings. The summed E-state index contributed by atoms with van der Waals surface area (Å²) >= 11 is 0. The van der Waals surface area contributed by atoms with Crippen LogP contribution in [0.1, 0.15) is 13.8 Å². The summed E-state index contributed by atoms with van der Waals surface area (Å²) in [5.41, 5.74) is -0.119. The molecule has 26 heavy (non-hydrogen) atoms. The summed E-state index contributed by atoms with van der Waals surface area (Å²) < 4.78 is 1.62. The Kier molecular flexibility index (Phi) is 6.53. The van der Waals surface area contributed by atoms with Gasteiger partial charge in [0.1, 0.15) is 17.5 Å². The third-order valence-electron chi connectivity index (χ3n) is 3.78. The van der Waals surface area contributed by atoms with Crippen molar-refractivity contribution in [3.05, 3.63) is 47.3 Å². The maximum absolute atomic E-state index is 12.7. The molecule has 0 aliphatic carbocycles. The predicted octanol–water partition coefficient (Wildman–Crippen LogP) is 1.86. The number of hydrogen-bond acceptors (Lipinski definition) is 7. The quantitative estimate of drug-likeness (QED) is 0.605. The minimum absolute atomic E-state index is 0. The molecule has 0 radical (unpaired) electrons. The highest BCUT2D eigenvalue weighted by atomic mass is 32.1. The van der Waals surface area contributed by atoms with E-state index in [4.69, 9.17) is 0 Å². The van der Waals surface area contributed by atoms with Gasteiger partial charge in [-0.2, -0.15) is 13.5 Å². The summed E-state index contributed by atoms with van der Waals surface area (Å²) in [6, 6.07) is 3.43. The molecule has 3 N–H and O–H groups in total. The zero-order valence-electron chi connectivity index (χ0n) is 14.6. The zero-order valence-corrected chi connectivity index (χ0v) is 15.6. The van der Waals surface area contributed by atoms with Crippen molar-refractivity contribution in [1.82, 2.24) is 19.5 Å². The van der Waals surface area contributed by atoms with Gasteiger partial charge in [-0.15, -0.1) is 0 Å². The number of aliphatic hydroxyl groups is 1. The van der Waals surface area contributed by atoms with E-state index in [1.54, 1.807) is 35.4 Å². The molecule has 138 valence electrons. The standard InChI is InChI=1S/C17H20N6O2.H2S/c1-3-23-7-4-12-8-13(21-14-9-18-5-6-19-14)22-16(15(12)17(23)25)20-11(2)10-24;/h4-9,11,24H,3,10H2,1-2H3,(H2,19,20,21,22);1H2/t11-;/m0./s1. The Morgan fingerprint density at radius 2 is 2.12 bits per heavy atom. The van der Waals surface area contributed by atoms with E-state index in [9.17, 15) is 9.90 Å². The summed E-state index contributed by atoms with van der Waals surface area (Å²) in [6.07, 6.45) is 6.51. The summed E-state index contributed by atoms with van der Waals surface area (Å²) in [6.45, 7) is 4.23. The smallest absolute Gasteiger partial charge is 0.262 e. The van der Waals surface area contributed by atoms with Gasteiger partial charge >= 0.3 is 0 Å². The van der Waals surface area contributed by atoms with E-state index >= 15 is 0 Å². The minimum Gasteiger partial charge on any atom is -0.394 e. The maximum atomic E-state index is 12.7. The van der Waals surface area contributed by atoms with Crippen LogP contribution in [0.2, 0.25) is 0 Å². The summed E-state index contributed by atoms with van der Waals surface area (Å²) in [4.78, 5) is 25.4. The van der Waals surface area contributed by atoms with Crippen molar-refractivity contribution in [3.63, 3.8) is 0 Å². The van der Waals surface area contributed by atoms with Crippen LogP contribution in [-0.4, -0.2) is 37.3 Å². The Bertz CT molecular complexity index is 932. The zero-order chi connectivity index (χ0) is 17.8. The Labute approximate surface area is 157 Å². The fourth-order valence-corrected chi connectivity index (χ4v) is 2.49. The first kappa shape index (κ1) is 19.7. The number of rotatable bonds is 6. The van der Waals surface area contributed by atoms with Gasteiger partial charge in [0.2, 0.25) is 0 Å². The molecule has 3 aromatic heterocycles. The van der Waals surface area contributed by atoms with Gasteiger partial charge in [0.05, 0.1) is 18.2 Å². The number of hydrogen-bond donors (Lipinski definition) is 3. The first-order valence-corrected chi connectivity index (χ1v) is 8.07. The fraction of sp³-hybridized carbons (Fsp3) is 0.294. The van der Waals surface area contributed by atoms with Gasteiger partial charge in [-0.1, -0.05) is 0 Å². The molecule has 0 spiro atoms. The molecular formula is C17H22N6O2S. The highest BCUT2D eigenvalue weighted by molar-refractivity contribution is 7.59. The number of nitrogens with one attached hydrogen (secondary N) is 2. The van der Waals surface area contributed by atoms with Crippen molar-refractivity contribution >= 4 is 41.7 Å². The summed E-state index contributed by atoms with van der Waals surface area (Å²) in [5.74, 6) is 1.52. The molecule has 0 aromatic carbocycles. The fourth-order valence-electron chi connectivity index (χ4n) is 2.49. The van der Waals surface area contributed by atoms with Crippen molar-refractivity contribution < 1.29 is 5.11 Å². The highest BCUT2D eigenvalue weighted by Crippen LogP contribution is 2.24. The lowest BCUT2D eigenvalue weighted by Crippen LogP contribution is -2.24. The number of aromatic nitrogens is 4. The van der Waals surface area contributed by atoms with Gasteiger partial charge in [-0.05, 0) is 31.4 Å². The SMILES string of the molecule is CCn1ccc2cc(Nc3cnccn3)nc(N[C@@H](C)CO)c2c1=O.S. The van der Waals surface area contributed by atoms with E-state index in [1.807, 2.05) is 19.9 Å². The molecule has 9 heteroatoms. The van der Waals surface area contributed by atoms with Gasteiger partial charge in [-0.25, -0.2) is 9.97 Å². The Morgan fingerprint density at radius 1 is 1.31 bits per heavy atom. The lowest BCUT2D eigenvalue weighted by molar-refractivity contribution is 0.281. The number of aliphatic hydroxyl groups excluding tert-OH is 1. The molecular weight excluding hydrogens is 352 g/mol. The van der Waals surface area contributed by atoms with Crippen LogP contribution in [0, 0.1) is 0 Å². The van der Waals surface area contributed by atoms with Gasteiger partial charge in [0, 0.05) is 31.2 Å². The van der Waals surface area contributed by atoms with Crippen LogP contribution in [0.3, 0.4) is 0 Å². The van der Waals surface area contributed by atoms with E-state index < -0.39 is 0 Å². The largest absolute Gasteiger partial charge is 0.394 e. The third-order valence-corrected chi connectivity index (χ3v) is 3.78. The molecule has 8 nitrogen and oxygen atoms in total. The van der Waals surface area contributed by atoms with Crippen LogP contribution in [0.4, 0.5) is 17.5 Å². The van der Waals surface area contributed by atoms with Crippen molar-refractivity contribution in [2.45, 2.75) is 26.4 Å². The third kappa shape index (κ3) is 4.12. The van der Waals surface area contributed by atoms with Crippen molar-refractivity contribution in [2.75, 3.05) is 17.2 Å². The highest BCUT2D eigenvalue weighted by Gasteiger charge is 2.13. The van der Waals surface area contributed by atoms with Crippen molar-refractivity contribution in [2.24, 2.45) is 0 Å². The van der Waals surface area contributed by atoms with Crippen LogP contribution in [0.5, 0.6) is 0 Å². The second-order valence-electron chi connectivity index (χ2n) is 5.67. The van der Waals surface area contributed by atoms with Gasteiger partial charge < -0.3 is 20.3 Å². The van der Waals surface area contributed by atoms with Crippen LogP contribution < -0.4 is 16.2 Å². The molecule has 0 amide bonds. The molecule has 0 aliphatic rings. The van der Waals surface area contributed by atoms with Crippen molar-refractivity contribution in [1.29, 1.82) is 0 Å².